The van der Waals surface area contributed by atoms with Gasteiger partial charge in [0.15, 0.2) is 0 Å². The summed E-state index contributed by atoms with van der Waals surface area (Å²) in [5.41, 5.74) is 0.227. The van der Waals surface area contributed by atoms with E-state index in [1.807, 2.05) is 0 Å². The molecule has 0 bridgehead atoms. The summed E-state index contributed by atoms with van der Waals surface area (Å²) in [5.74, 6) is -0.921. The topological polar surface area (TPSA) is 53.1 Å². The maximum Gasteiger partial charge on any atom is 0.352 e. The van der Waals surface area contributed by atoms with Gasteiger partial charge in [0.1, 0.15) is 5.69 Å². The van der Waals surface area contributed by atoms with E-state index in [0.29, 0.717) is 0 Å². The summed E-state index contributed by atoms with van der Waals surface area (Å²) in [6.07, 6.45) is 1.57. The van der Waals surface area contributed by atoms with Crippen molar-refractivity contribution in [3.8, 4) is 0 Å². The summed E-state index contributed by atoms with van der Waals surface area (Å²) in [6.45, 7) is 0. The zero-order valence-corrected chi connectivity index (χ0v) is 4.09. The Labute approximate surface area is 46.0 Å². The highest BCUT2D eigenvalue weighted by molar-refractivity contribution is 5.85. The fraction of sp³-hybridized carbons (Fsp3) is 0. The first-order valence-electron chi connectivity index (χ1n) is 2.17. The molecule has 8 heavy (non-hydrogen) atoms. The van der Waals surface area contributed by atoms with Gasteiger partial charge >= 0.3 is 5.97 Å². The number of carbonyl (C=O) groups is 1. The molecule has 1 aromatic rings. The van der Waals surface area contributed by atoms with Gasteiger partial charge in [0.25, 0.3) is 0 Å². The van der Waals surface area contributed by atoms with Crippen molar-refractivity contribution in [2.75, 3.05) is 0 Å². The molecule has 0 unspecified atom stereocenters. The summed E-state index contributed by atoms with van der Waals surface area (Å²) >= 11 is 0. The van der Waals surface area contributed by atoms with E-state index in [1.54, 1.807) is 12.3 Å². The zero-order valence-electron chi connectivity index (χ0n) is 4.09. The molecule has 0 aromatic carbocycles. The monoisotopic (exact) mass is 112 g/mol. The molecule has 0 atom stereocenters. The second kappa shape index (κ2) is 1.69. The van der Waals surface area contributed by atoms with Gasteiger partial charge < -0.3 is 10.1 Å². The molecule has 0 radical (unpaired) electrons. The number of carboxylic acids is 1. The Morgan fingerprint density at radius 3 is 2.75 bits per heavy atom. The van der Waals surface area contributed by atoms with Crippen LogP contribution in [0.1, 0.15) is 10.5 Å². The lowest BCUT2D eigenvalue weighted by Gasteiger charge is -1.80. The molecule has 0 saturated heterocycles. The number of nitrogens with one attached hydrogen (secondary N) is 1. The predicted octanol–water partition coefficient (Wildman–Crippen LogP) is 0.713. The Morgan fingerprint density at radius 1 is 1.75 bits per heavy atom. The molecular formula is C5H5NO2. The average Bonchev–Trinajstić information content (AvgIpc) is 2.12. The van der Waals surface area contributed by atoms with Gasteiger partial charge in [-0.3, -0.25) is 0 Å². The molecule has 0 aliphatic rings. The van der Waals surface area contributed by atoms with Crippen LogP contribution in [0.15, 0.2) is 18.3 Å². The summed E-state index contributed by atoms with van der Waals surface area (Å²) in [7, 11) is 0. The van der Waals surface area contributed by atoms with Crippen LogP contribution in [0.5, 0.6) is 0 Å². The zero-order chi connectivity index (χ0) is 5.98. The maximum atomic E-state index is 10.0. The van der Waals surface area contributed by atoms with E-state index in [0.717, 1.165) is 0 Å². The summed E-state index contributed by atoms with van der Waals surface area (Å²) in [4.78, 5) is 12.6. The van der Waals surface area contributed by atoms with E-state index in [9.17, 15) is 4.79 Å². The largest absolute Gasteiger partial charge is 0.477 e. The molecule has 0 spiro atoms. The SMILES string of the molecule is O=C(O)c1ccc[15nH]1. The Hall–Kier alpha value is -1.25. The van der Waals surface area contributed by atoms with Crippen molar-refractivity contribution in [3.05, 3.63) is 24.0 Å². The second-order valence-electron chi connectivity index (χ2n) is 1.39. The minimum absolute atomic E-state index is 0.227. The van der Waals surface area contributed by atoms with Crippen molar-refractivity contribution >= 4 is 5.97 Å². The van der Waals surface area contributed by atoms with Gasteiger partial charge in [0.05, 0.1) is 0 Å². The molecule has 3 nitrogen and oxygen atoms in total. The van der Waals surface area contributed by atoms with E-state index in [-0.39, 0.29) is 5.69 Å². The lowest BCUT2D eigenvalue weighted by atomic mass is 10.5. The van der Waals surface area contributed by atoms with Crippen molar-refractivity contribution in [1.29, 1.82) is 0 Å². The Morgan fingerprint density at radius 2 is 2.50 bits per heavy atom. The molecule has 0 amide bonds. The first kappa shape index (κ1) is 4.90. The quantitative estimate of drug-likeness (QED) is 0.562. The van der Waals surface area contributed by atoms with Gasteiger partial charge in [-0.05, 0) is 12.1 Å². The number of hydrogen-bond donors (Lipinski definition) is 2. The van der Waals surface area contributed by atoms with E-state index in [4.69, 9.17) is 5.11 Å². The highest BCUT2D eigenvalue weighted by Crippen LogP contribution is 1.91. The Bertz CT molecular complexity index is 178. The Balaban J connectivity index is 2.93. The summed E-state index contributed by atoms with van der Waals surface area (Å²) in [5, 5.41) is 8.24. The lowest BCUT2D eigenvalue weighted by molar-refractivity contribution is 0.0691. The maximum absolute atomic E-state index is 10.0. The fourth-order valence-corrected chi connectivity index (χ4v) is 0.463. The van der Waals surface area contributed by atoms with E-state index >= 15 is 0 Å². The van der Waals surface area contributed by atoms with Gasteiger partial charge in [0, 0.05) is 6.20 Å². The number of rotatable bonds is 1. The number of aromatic carboxylic acids is 1. The highest BCUT2D eigenvalue weighted by atomic mass is 16.4. The third kappa shape index (κ3) is 0.703. The van der Waals surface area contributed by atoms with Crippen molar-refractivity contribution < 1.29 is 9.90 Å². The molecule has 1 rings (SSSR count). The van der Waals surface area contributed by atoms with Gasteiger partial charge in [-0.1, -0.05) is 0 Å². The molecule has 0 saturated carbocycles. The smallest absolute Gasteiger partial charge is 0.352 e. The van der Waals surface area contributed by atoms with Crippen LogP contribution < -0.4 is 0 Å². The summed E-state index contributed by atoms with van der Waals surface area (Å²) in [6, 6.07) is 3.14. The van der Waals surface area contributed by atoms with Gasteiger partial charge in [0.2, 0.25) is 0 Å². The number of hydrogen-bond acceptors (Lipinski definition) is 1. The number of aromatic nitrogens is 1. The molecule has 1 heterocycles. The molecule has 1 aromatic heterocycles. The predicted molar refractivity (Wildman–Crippen MR) is 27.8 cm³/mol. The minimum Gasteiger partial charge on any atom is -0.477 e. The second-order valence-corrected chi connectivity index (χ2v) is 1.39. The van der Waals surface area contributed by atoms with E-state index in [1.165, 1.54) is 6.07 Å². The first-order valence-corrected chi connectivity index (χ1v) is 2.17. The van der Waals surface area contributed by atoms with Crippen molar-refractivity contribution in [2.45, 2.75) is 0 Å². The van der Waals surface area contributed by atoms with Gasteiger partial charge in [-0.2, -0.15) is 0 Å². The number of H-pyrrole nitrogens is 1. The van der Waals surface area contributed by atoms with Crippen LogP contribution in [0.3, 0.4) is 0 Å². The van der Waals surface area contributed by atoms with Crippen LogP contribution in [0.2, 0.25) is 0 Å². The first-order chi connectivity index (χ1) is 3.80. The third-order valence-corrected chi connectivity index (χ3v) is 0.828. The van der Waals surface area contributed by atoms with Gasteiger partial charge in [-0.15, -0.1) is 0 Å². The molecule has 2 N–H and O–H groups in total. The normalized spacial score (nSPS) is 9.00. The molecule has 0 fully saturated rings. The fourth-order valence-electron chi connectivity index (χ4n) is 0.463. The van der Waals surface area contributed by atoms with E-state index < -0.39 is 5.97 Å². The average molecular weight is 112 g/mol. The number of carboxylic acid groups (broad SMARTS) is 1. The minimum atomic E-state index is -0.921. The van der Waals surface area contributed by atoms with Gasteiger partial charge in [-0.25, -0.2) is 4.79 Å². The summed E-state index contributed by atoms with van der Waals surface area (Å²) < 4.78 is 0. The third-order valence-electron chi connectivity index (χ3n) is 0.828. The standard InChI is InChI=1S/C5H5NO2/c7-5(8)4-2-1-3-6-4/h1-3,6H,(H,7,8)/i6+1. The Kier molecular flexibility index (Phi) is 1.04. The van der Waals surface area contributed by atoms with Crippen molar-refractivity contribution in [1.82, 2.24) is 4.98 Å². The van der Waals surface area contributed by atoms with Crippen LogP contribution >= 0.6 is 0 Å². The van der Waals surface area contributed by atoms with Crippen LogP contribution in [0.25, 0.3) is 0 Å². The lowest BCUT2D eigenvalue weighted by Crippen LogP contribution is -1.94. The van der Waals surface area contributed by atoms with Crippen molar-refractivity contribution in [3.63, 3.8) is 0 Å². The number of aromatic amines is 1. The highest BCUT2D eigenvalue weighted by Gasteiger charge is 1.98. The van der Waals surface area contributed by atoms with Crippen molar-refractivity contribution in [2.24, 2.45) is 0 Å². The van der Waals surface area contributed by atoms with Crippen LogP contribution in [0.4, 0.5) is 0 Å². The van der Waals surface area contributed by atoms with Crippen LogP contribution in [-0.4, -0.2) is 16.1 Å². The van der Waals surface area contributed by atoms with Crippen LogP contribution in [0, 0.1) is 0 Å². The van der Waals surface area contributed by atoms with E-state index in [2.05, 4.69) is 4.98 Å². The van der Waals surface area contributed by atoms with Crippen LogP contribution in [-0.2, 0) is 0 Å². The molecule has 42 valence electrons. The molecule has 0 aliphatic carbocycles. The molecule has 3 heteroatoms. The molecule has 0 aliphatic heterocycles. The molecular weight excluding hydrogens is 107 g/mol.